The maximum atomic E-state index is 10.8. The lowest BCUT2D eigenvalue weighted by Crippen LogP contribution is -2.09. The van der Waals surface area contributed by atoms with E-state index in [4.69, 9.17) is 4.55 Å². The molecule has 0 aliphatic heterocycles. The van der Waals surface area contributed by atoms with Gasteiger partial charge in [-0.15, -0.1) is 0 Å². The van der Waals surface area contributed by atoms with Crippen LogP contribution in [0.3, 0.4) is 0 Å². The minimum absolute atomic E-state index is 0.233. The molecule has 0 aliphatic carbocycles. The maximum absolute atomic E-state index is 10.8. The molecular weight excluding hydrogens is 191 g/mol. The van der Waals surface area contributed by atoms with Gasteiger partial charge in [-0.05, 0) is 0 Å². The van der Waals surface area contributed by atoms with Crippen molar-refractivity contribution in [2.45, 2.75) is 0 Å². The third kappa shape index (κ3) is 10.1. The molecule has 1 N–H and O–H groups in total. The van der Waals surface area contributed by atoms with E-state index in [0.29, 0.717) is 0 Å². The van der Waals surface area contributed by atoms with Crippen LogP contribution in [0, 0.1) is 0 Å². The third-order valence-electron chi connectivity index (χ3n) is 0.743. The molecule has 68 valence electrons. The van der Waals surface area contributed by atoms with Gasteiger partial charge in [0, 0.05) is 13.3 Å². The average Bonchev–Trinajstić information content (AvgIpc) is 1.55. The molecule has 5 nitrogen and oxygen atoms in total. The Kier molecular flexibility index (Phi) is 3.70. The Morgan fingerprint density at radius 1 is 1.45 bits per heavy atom. The zero-order valence-electron chi connectivity index (χ0n) is 6.35. The van der Waals surface area contributed by atoms with Gasteiger partial charge in [0.05, 0.1) is 12.4 Å². The van der Waals surface area contributed by atoms with E-state index in [1.54, 1.807) is 0 Å². The maximum Gasteiger partial charge on any atom is 0.267 e. The van der Waals surface area contributed by atoms with E-state index < -0.39 is 23.2 Å². The van der Waals surface area contributed by atoms with Gasteiger partial charge in [0.25, 0.3) is 10.1 Å². The number of hydrogen-bond acceptors (Lipinski definition) is 4. The lowest BCUT2D eigenvalue weighted by atomic mass is 10.9. The van der Waals surface area contributed by atoms with Gasteiger partial charge in [0.1, 0.15) is 0 Å². The molecule has 0 spiro atoms. The van der Waals surface area contributed by atoms with Crippen molar-refractivity contribution in [3.8, 4) is 0 Å². The van der Waals surface area contributed by atoms with Crippen LogP contribution < -0.4 is 0 Å². The van der Waals surface area contributed by atoms with E-state index in [0.717, 1.165) is 0 Å². The molecule has 0 atom stereocenters. The summed E-state index contributed by atoms with van der Waals surface area (Å²) in [5.41, 5.74) is 0. The minimum atomic E-state index is -3.99. The summed E-state index contributed by atoms with van der Waals surface area (Å²) >= 11 is 0. The molecule has 0 amide bonds. The number of hydrogen-bond donors (Lipinski definition) is 1. The predicted octanol–water partition coefficient (Wildman–Crippen LogP) is 0.429. The van der Waals surface area contributed by atoms with Crippen LogP contribution in [0.15, 0.2) is 0 Å². The first-order valence-corrected chi connectivity index (χ1v) is 6.98. The van der Waals surface area contributed by atoms with Crippen molar-refractivity contribution in [2.24, 2.45) is 0 Å². The largest absolute Gasteiger partial charge is 0.328 e. The monoisotopic (exact) mass is 202 g/mol. The zero-order chi connectivity index (χ0) is 9.12. The first-order valence-electron chi connectivity index (χ1n) is 2.85. The summed E-state index contributed by atoms with van der Waals surface area (Å²) in [5.74, 6) is -0.515. The summed E-state index contributed by atoms with van der Waals surface area (Å²) in [6, 6.07) is 0. The van der Waals surface area contributed by atoms with Crippen molar-refractivity contribution in [2.75, 3.05) is 25.7 Å². The quantitative estimate of drug-likeness (QED) is 0.528. The Bertz CT molecular complexity index is 250. The Morgan fingerprint density at radius 3 is 2.18 bits per heavy atom. The highest BCUT2D eigenvalue weighted by atomic mass is 32.2. The summed E-state index contributed by atoms with van der Waals surface area (Å²) < 4.78 is 43.8. The predicted molar refractivity (Wildman–Crippen MR) is 41.8 cm³/mol. The molecule has 0 aliphatic rings. The van der Waals surface area contributed by atoms with Crippen molar-refractivity contribution >= 4 is 17.5 Å². The van der Waals surface area contributed by atoms with E-state index in [1.165, 1.54) is 13.3 Å². The second-order valence-electron chi connectivity index (χ2n) is 2.37. The fourth-order valence-electron chi connectivity index (χ4n) is 0.362. The molecule has 0 saturated heterocycles. The van der Waals surface area contributed by atoms with Crippen LogP contribution in [0.1, 0.15) is 0 Å². The molecule has 0 aromatic rings. The molecular formula is C4H11O5PS. The van der Waals surface area contributed by atoms with E-state index in [9.17, 15) is 13.0 Å². The molecule has 0 aromatic heterocycles. The van der Waals surface area contributed by atoms with Crippen LogP contribution in [0.4, 0.5) is 0 Å². The lowest BCUT2D eigenvalue weighted by molar-refractivity contribution is 0.337. The second kappa shape index (κ2) is 3.67. The van der Waals surface area contributed by atoms with Crippen molar-refractivity contribution in [1.29, 1.82) is 0 Å². The lowest BCUT2D eigenvalue weighted by Gasteiger charge is -2.05. The zero-order valence-corrected chi connectivity index (χ0v) is 8.06. The van der Waals surface area contributed by atoms with Crippen molar-refractivity contribution < 1.29 is 22.1 Å². The molecule has 0 bridgehead atoms. The molecule has 7 heteroatoms. The average molecular weight is 202 g/mol. The fraction of sp³-hybridized carbons (Fsp3) is 1.00. The fourth-order valence-corrected chi connectivity index (χ4v) is 1.31. The molecule has 11 heavy (non-hydrogen) atoms. The molecule has 0 saturated carbocycles. The molecule has 0 fully saturated rings. The summed E-state index contributed by atoms with van der Waals surface area (Å²) in [7, 11) is -6.62. The van der Waals surface area contributed by atoms with E-state index in [2.05, 4.69) is 4.52 Å². The van der Waals surface area contributed by atoms with Gasteiger partial charge in [0.2, 0.25) is 0 Å². The van der Waals surface area contributed by atoms with Crippen molar-refractivity contribution in [3.05, 3.63) is 0 Å². The topological polar surface area (TPSA) is 80.7 Å². The van der Waals surface area contributed by atoms with Gasteiger partial charge < -0.3 is 4.52 Å². The summed E-state index contributed by atoms with van der Waals surface area (Å²) in [4.78, 5) is 0. The first kappa shape index (κ1) is 11.1. The highest BCUT2D eigenvalue weighted by Gasteiger charge is 2.10. The van der Waals surface area contributed by atoms with Gasteiger partial charge in [-0.25, -0.2) is 0 Å². The van der Waals surface area contributed by atoms with Gasteiger partial charge in [-0.2, -0.15) is 8.42 Å². The van der Waals surface area contributed by atoms with Crippen LogP contribution >= 0.6 is 7.37 Å². The second-order valence-corrected chi connectivity index (χ2v) is 6.71. The Labute approximate surface area is 66.0 Å². The summed E-state index contributed by atoms with van der Waals surface area (Å²) in [5, 5.41) is 0. The number of rotatable bonds is 4. The first-order chi connectivity index (χ1) is 4.71. The van der Waals surface area contributed by atoms with Gasteiger partial charge >= 0.3 is 0 Å². The molecule has 0 radical (unpaired) electrons. The molecule has 0 heterocycles. The summed E-state index contributed by atoms with van der Waals surface area (Å²) in [6.45, 7) is 2.51. The van der Waals surface area contributed by atoms with Crippen molar-refractivity contribution in [3.63, 3.8) is 0 Å². The Balaban J connectivity index is 3.70. The SMILES string of the molecule is CP(C)(=O)OCCS(=O)(=O)O. The van der Waals surface area contributed by atoms with E-state index >= 15 is 0 Å². The Hall–Kier alpha value is 0.1000. The van der Waals surface area contributed by atoms with Gasteiger partial charge in [-0.3, -0.25) is 9.12 Å². The highest BCUT2D eigenvalue weighted by molar-refractivity contribution is 7.85. The summed E-state index contributed by atoms with van der Waals surface area (Å²) in [6.07, 6.45) is 0. The molecule has 0 unspecified atom stereocenters. The Morgan fingerprint density at radius 2 is 1.91 bits per heavy atom. The van der Waals surface area contributed by atoms with E-state index in [1.807, 2.05) is 0 Å². The molecule has 0 aromatic carbocycles. The van der Waals surface area contributed by atoms with E-state index in [-0.39, 0.29) is 6.61 Å². The van der Waals surface area contributed by atoms with Crippen LogP contribution in [0.25, 0.3) is 0 Å². The standard InChI is InChI=1S/C4H11O5PS/c1-10(2,5)9-3-4-11(6,7)8/h3-4H2,1-2H3,(H,6,7,8). The van der Waals surface area contributed by atoms with Crippen LogP contribution in [0.5, 0.6) is 0 Å². The molecule has 0 rings (SSSR count). The van der Waals surface area contributed by atoms with Crippen LogP contribution in [-0.2, 0) is 19.2 Å². The normalized spacial score (nSPS) is 13.4. The highest BCUT2D eigenvalue weighted by Crippen LogP contribution is 2.36. The third-order valence-corrected chi connectivity index (χ3v) is 2.23. The van der Waals surface area contributed by atoms with Gasteiger partial charge in [-0.1, -0.05) is 0 Å². The minimum Gasteiger partial charge on any atom is -0.328 e. The van der Waals surface area contributed by atoms with Crippen LogP contribution in [-0.4, -0.2) is 38.7 Å². The van der Waals surface area contributed by atoms with Crippen molar-refractivity contribution in [1.82, 2.24) is 0 Å². The van der Waals surface area contributed by atoms with Crippen LogP contribution in [0.2, 0.25) is 0 Å². The smallest absolute Gasteiger partial charge is 0.267 e. The van der Waals surface area contributed by atoms with Gasteiger partial charge in [0.15, 0.2) is 7.37 Å².